The van der Waals surface area contributed by atoms with Gasteiger partial charge in [0.05, 0.1) is 20.6 Å². The normalized spacial score (nSPS) is 9.88. The zero-order valence-corrected chi connectivity index (χ0v) is 11.6. The summed E-state index contributed by atoms with van der Waals surface area (Å²) in [4.78, 5) is 13.1. The summed E-state index contributed by atoms with van der Waals surface area (Å²) in [6, 6.07) is 6.97. The van der Waals surface area contributed by atoms with Gasteiger partial charge in [-0.25, -0.2) is 0 Å². The molecule has 0 aliphatic rings. The van der Waals surface area contributed by atoms with Crippen molar-refractivity contribution in [3.8, 4) is 0 Å². The van der Waals surface area contributed by atoms with Crippen LogP contribution in [0.15, 0.2) is 24.3 Å². The molecule has 0 aliphatic heterocycles. The topological polar surface area (TPSA) is 33.5 Å². The lowest BCUT2D eigenvalue weighted by Crippen LogP contribution is -3.05. The standard InChI is InChI=1S/C12H17ClN2O.ClH/c1-15(2)8-4-7-14-12(16)10-5-3-6-11(13)9-10;/h3,5-6,9H,4,7-8H2,1-2H3,(H,14,16);1H. The lowest BCUT2D eigenvalue weighted by molar-refractivity contribution is -0.858. The predicted octanol–water partition coefficient (Wildman–Crippen LogP) is -2.39. The Balaban J connectivity index is 0.00000256. The van der Waals surface area contributed by atoms with E-state index in [1.807, 2.05) is 0 Å². The van der Waals surface area contributed by atoms with Crippen molar-refractivity contribution in [3.63, 3.8) is 0 Å². The molecule has 17 heavy (non-hydrogen) atoms. The van der Waals surface area contributed by atoms with Crippen molar-refractivity contribution in [2.24, 2.45) is 0 Å². The Bertz CT molecular complexity index is 356. The highest BCUT2D eigenvalue weighted by Crippen LogP contribution is 2.10. The van der Waals surface area contributed by atoms with Gasteiger partial charge in [-0.1, -0.05) is 17.7 Å². The maximum atomic E-state index is 11.7. The fraction of sp³-hybridized carbons (Fsp3) is 0.417. The number of carbonyl (C=O) groups is 1. The van der Waals surface area contributed by atoms with E-state index in [4.69, 9.17) is 11.6 Å². The van der Waals surface area contributed by atoms with Gasteiger partial charge >= 0.3 is 0 Å². The zero-order chi connectivity index (χ0) is 12.0. The van der Waals surface area contributed by atoms with Crippen LogP contribution in [0.1, 0.15) is 16.8 Å². The van der Waals surface area contributed by atoms with Crippen molar-refractivity contribution in [2.75, 3.05) is 27.2 Å². The molecule has 0 saturated heterocycles. The second-order valence-corrected chi connectivity index (χ2v) is 4.51. The van der Waals surface area contributed by atoms with Gasteiger partial charge in [0, 0.05) is 23.6 Å². The van der Waals surface area contributed by atoms with E-state index in [0.717, 1.165) is 13.0 Å². The Morgan fingerprint density at radius 1 is 1.41 bits per heavy atom. The molecule has 1 aromatic rings. The molecule has 0 radical (unpaired) electrons. The maximum Gasteiger partial charge on any atom is 0.251 e. The van der Waals surface area contributed by atoms with Crippen LogP contribution in [0.25, 0.3) is 0 Å². The van der Waals surface area contributed by atoms with Gasteiger partial charge in [0.25, 0.3) is 5.91 Å². The average molecular weight is 277 g/mol. The van der Waals surface area contributed by atoms with E-state index in [0.29, 0.717) is 17.1 Å². The molecule has 5 heteroatoms. The second-order valence-electron chi connectivity index (χ2n) is 4.08. The van der Waals surface area contributed by atoms with Crippen LogP contribution in [-0.2, 0) is 0 Å². The molecule has 0 aliphatic carbocycles. The van der Waals surface area contributed by atoms with E-state index in [1.54, 1.807) is 24.3 Å². The number of halogens is 2. The van der Waals surface area contributed by atoms with Gasteiger partial charge in [-0.3, -0.25) is 4.79 Å². The third kappa shape index (κ3) is 6.51. The van der Waals surface area contributed by atoms with Crippen molar-refractivity contribution in [1.29, 1.82) is 0 Å². The molecule has 0 aromatic heterocycles. The second kappa shape index (κ2) is 8.34. The molecule has 0 saturated carbocycles. The van der Waals surface area contributed by atoms with Gasteiger partial charge < -0.3 is 22.6 Å². The van der Waals surface area contributed by atoms with E-state index < -0.39 is 0 Å². The first-order chi connectivity index (χ1) is 7.59. The van der Waals surface area contributed by atoms with Crippen LogP contribution in [-0.4, -0.2) is 33.1 Å². The Hall–Kier alpha value is -0.770. The SMILES string of the molecule is C[NH+](C)CCCNC(=O)c1cccc(Cl)c1.[Cl-]. The molecular formula is C12H18Cl2N2O. The number of carbonyl (C=O) groups excluding carboxylic acids is 1. The lowest BCUT2D eigenvalue weighted by atomic mass is 10.2. The monoisotopic (exact) mass is 276 g/mol. The molecule has 1 amide bonds. The van der Waals surface area contributed by atoms with E-state index in [2.05, 4.69) is 19.4 Å². The van der Waals surface area contributed by atoms with Crippen LogP contribution in [0.5, 0.6) is 0 Å². The molecule has 0 unspecified atom stereocenters. The molecule has 2 N–H and O–H groups in total. The van der Waals surface area contributed by atoms with Crippen molar-refractivity contribution in [2.45, 2.75) is 6.42 Å². The van der Waals surface area contributed by atoms with Crippen LogP contribution in [0, 0.1) is 0 Å². The Morgan fingerprint density at radius 3 is 2.71 bits per heavy atom. The van der Waals surface area contributed by atoms with E-state index >= 15 is 0 Å². The summed E-state index contributed by atoms with van der Waals surface area (Å²) < 4.78 is 0. The number of hydrogen-bond donors (Lipinski definition) is 2. The summed E-state index contributed by atoms with van der Waals surface area (Å²) in [5, 5.41) is 3.46. The molecule has 3 nitrogen and oxygen atoms in total. The molecule has 96 valence electrons. The summed E-state index contributed by atoms with van der Waals surface area (Å²) in [5.74, 6) is -0.0590. The van der Waals surface area contributed by atoms with Crippen molar-refractivity contribution in [3.05, 3.63) is 34.9 Å². The van der Waals surface area contributed by atoms with Gasteiger partial charge in [-0.2, -0.15) is 0 Å². The summed E-state index contributed by atoms with van der Waals surface area (Å²) in [6.07, 6.45) is 0.981. The maximum absolute atomic E-state index is 11.7. The number of nitrogens with one attached hydrogen (secondary N) is 2. The summed E-state index contributed by atoms with van der Waals surface area (Å²) in [6.45, 7) is 1.76. The van der Waals surface area contributed by atoms with Gasteiger partial charge in [-0.15, -0.1) is 0 Å². The van der Waals surface area contributed by atoms with Gasteiger partial charge in [0.1, 0.15) is 0 Å². The molecular weight excluding hydrogens is 259 g/mol. The van der Waals surface area contributed by atoms with Crippen LogP contribution in [0.3, 0.4) is 0 Å². The average Bonchev–Trinajstić information content (AvgIpc) is 2.24. The molecule has 0 bridgehead atoms. The van der Waals surface area contributed by atoms with E-state index in [-0.39, 0.29) is 18.3 Å². The third-order valence-electron chi connectivity index (χ3n) is 2.23. The molecule has 0 spiro atoms. The quantitative estimate of drug-likeness (QED) is 0.579. The Morgan fingerprint density at radius 2 is 2.12 bits per heavy atom. The zero-order valence-electron chi connectivity index (χ0n) is 10.1. The van der Waals surface area contributed by atoms with Crippen LogP contribution in [0.2, 0.25) is 5.02 Å². The van der Waals surface area contributed by atoms with Crippen molar-refractivity contribution < 1.29 is 22.1 Å². The third-order valence-corrected chi connectivity index (χ3v) is 2.46. The summed E-state index contributed by atoms with van der Waals surface area (Å²) >= 11 is 5.81. The first kappa shape index (κ1) is 16.2. The molecule has 0 fully saturated rings. The van der Waals surface area contributed by atoms with E-state index in [1.165, 1.54) is 4.90 Å². The van der Waals surface area contributed by atoms with E-state index in [9.17, 15) is 4.79 Å². The highest BCUT2D eigenvalue weighted by atomic mass is 35.5. The fourth-order valence-corrected chi connectivity index (χ4v) is 1.57. The molecule has 1 aromatic carbocycles. The van der Waals surface area contributed by atoms with Crippen LogP contribution >= 0.6 is 11.6 Å². The van der Waals surface area contributed by atoms with Gasteiger partial charge in [-0.05, 0) is 18.2 Å². The predicted molar refractivity (Wildman–Crippen MR) is 66.1 cm³/mol. The summed E-state index contributed by atoms with van der Waals surface area (Å²) in [5.41, 5.74) is 0.615. The highest BCUT2D eigenvalue weighted by molar-refractivity contribution is 6.30. The minimum atomic E-state index is -0.0590. The van der Waals surface area contributed by atoms with Crippen LogP contribution in [0.4, 0.5) is 0 Å². The van der Waals surface area contributed by atoms with Gasteiger partial charge in [0.15, 0.2) is 0 Å². The Kier molecular flexibility index (Phi) is 7.96. The molecule has 1 rings (SSSR count). The van der Waals surface area contributed by atoms with Crippen molar-refractivity contribution >= 4 is 17.5 Å². The number of hydrogen-bond acceptors (Lipinski definition) is 1. The number of benzene rings is 1. The van der Waals surface area contributed by atoms with Crippen LogP contribution < -0.4 is 22.6 Å². The van der Waals surface area contributed by atoms with Gasteiger partial charge in [0.2, 0.25) is 0 Å². The summed E-state index contributed by atoms with van der Waals surface area (Å²) in [7, 11) is 4.19. The lowest BCUT2D eigenvalue weighted by Gasteiger charge is -2.08. The number of quaternary nitrogens is 1. The number of rotatable bonds is 5. The first-order valence-electron chi connectivity index (χ1n) is 5.42. The number of amides is 1. The van der Waals surface area contributed by atoms with Crippen molar-refractivity contribution in [1.82, 2.24) is 5.32 Å². The smallest absolute Gasteiger partial charge is 0.251 e. The highest BCUT2D eigenvalue weighted by Gasteiger charge is 2.04. The molecule has 0 heterocycles. The Labute approximate surface area is 114 Å². The largest absolute Gasteiger partial charge is 1.00 e. The minimum absolute atomic E-state index is 0. The minimum Gasteiger partial charge on any atom is -1.00 e. The molecule has 0 atom stereocenters. The fourth-order valence-electron chi connectivity index (χ4n) is 1.38. The first-order valence-corrected chi connectivity index (χ1v) is 5.80.